The summed E-state index contributed by atoms with van der Waals surface area (Å²) in [4.78, 5) is 11.7. The first-order chi connectivity index (χ1) is 9.35. The highest BCUT2D eigenvalue weighted by Gasteiger charge is 2.37. The van der Waals surface area contributed by atoms with Crippen LogP contribution in [0.2, 0.25) is 0 Å². The van der Waals surface area contributed by atoms with Crippen LogP contribution in [-0.2, 0) is 10.9 Å². The van der Waals surface area contributed by atoms with Crippen LogP contribution in [0.5, 0.6) is 0 Å². The summed E-state index contributed by atoms with van der Waals surface area (Å²) in [6.45, 7) is 0.197. The van der Waals surface area contributed by atoms with Gasteiger partial charge < -0.3 is 15.2 Å². The minimum absolute atomic E-state index is 0.140. The molecule has 0 aliphatic carbocycles. The number of carbonyl (C=O) groups excluding carboxylic acids is 1. The summed E-state index contributed by atoms with van der Waals surface area (Å²) in [7, 11) is 0. The molecular weight excluding hydrogens is 301 g/mol. The first-order valence-corrected chi connectivity index (χ1v) is 6.35. The number of nitrogens with zero attached hydrogens (tertiary/aromatic N) is 2. The van der Waals surface area contributed by atoms with Crippen molar-refractivity contribution in [1.29, 1.82) is 0 Å². The van der Waals surface area contributed by atoms with Crippen molar-refractivity contribution in [2.24, 2.45) is 0 Å². The van der Waals surface area contributed by atoms with E-state index in [1.807, 2.05) is 0 Å². The normalized spacial score (nSPS) is 22.8. The third kappa shape index (κ3) is 3.35. The van der Waals surface area contributed by atoms with Crippen molar-refractivity contribution < 1.29 is 27.8 Å². The summed E-state index contributed by atoms with van der Waals surface area (Å²) < 4.78 is 42.0. The van der Waals surface area contributed by atoms with Gasteiger partial charge in [-0.05, 0) is 6.42 Å². The van der Waals surface area contributed by atoms with Crippen molar-refractivity contribution in [3.05, 3.63) is 5.01 Å². The highest BCUT2D eigenvalue weighted by atomic mass is 32.1. The molecule has 1 fully saturated rings. The van der Waals surface area contributed by atoms with E-state index >= 15 is 0 Å². The monoisotopic (exact) mass is 312 g/mol. The van der Waals surface area contributed by atoms with Crippen LogP contribution in [0.15, 0.2) is 0 Å². The third-order valence-electron chi connectivity index (χ3n) is 2.67. The second-order valence-electron chi connectivity index (χ2n) is 4.23. The van der Waals surface area contributed by atoms with Gasteiger partial charge in [0, 0.05) is 6.61 Å². The van der Waals surface area contributed by atoms with Crippen molar-refractivity contribution >= 4 is 22.5 Å². The second-order valence-corrected chi connectivity index (χ2v) is 5.21. The van der Waals surface area contributed by atoms with Crippen LogP contribution in [0.25, 0.3) is 0 Å². The molecule has 0 spiro atoms. The number of amides is 2. The Balaban J connectivity index is 1.96. The van der Waals surface area contributed by atoms with Gasteiger partial charge in [-0.1, -0.05) is 11.3 Å². The molecule has 0 bridgehead atoms. The molecule has 20 heavy (non-hydrogen) atoms. The van der Waals surface area contributed by atoms with Gasteiger partial charge in [-0.15, -0.1) is 10.2 Å². The van der Waals surface area contributed by atoms with Crippen LogP contribution in [0, 0.1) is 0 Å². The molecule has 1 aromatic rings. The Morgan fingerprint density at radius 1 is 1.50 bits per heavy atom. The number of hydrogen-bond acceptors (Lipinski definition) is 6. The average molecular weight is 312 g/mol. The number of aromatic nitrogens is 2. The summed E-state index contributed by atoms with van der Waals surface area (Å²) >= 11 is 0.220. The number of rotatable bonds is 3. The number of halogens is 3. The van der Waals surface area contributed by atoms with E-state index in [-0.39, 0.29) is 29.7 Å². The zero-order valence-corrected chi connectivity index (χ0v) is 10.8. The molecule has 11 heteroatoms. The maximum atomic E-state index is 12.3. The van der Waals surface area contributed by atoms with Gasteiger partial charge in [0.25, 0.3) is 0 Å². The molecule has 1 aliphatic heterocycles. The van der Waals surface area contributed by atoms with Gasteiger partial charge in [-0.3, -0.25) is 5.32 Å². The van der Waals surface area contributed by atoms with Crippen LogP contribution in [-0.4, -0.2) is 46.7 Å². The Morgan fingerprint density at radius 3 is 2.75 bits per heavy atom. The number of urea groups is 1. The first kappa shape index (κ1) is 14.9. The second kappa shape index (κ2) is 5.50. The fourth-order valence-corrected chi connectivity index (χ4v) is 2.23. The van der Waals surface area contributed by atoms with Crippen LogP contribution in [0.1, 0.15) is 11.4 Å². The van der Waals surface area contributed by atoms with Crippen LogP contribution < -0.4 is 10.6 Å². The summed E-state index contributed by atoms with van der Waals surface area (Å²) in [5, 5.41) is 18.6. The van der Waals surface area contributed by atoms with Crippen molar-refractivity contribution in [1.82, 2.24) is 15.5 Å². The molecule has 7 nitrogen and oxygen atoms in total. The molecule has 1 aliphatic rings. The predicted molar refractivity (Wildman–Crippen MR) is 62.3 cm³/mol. The number of carbonyl (C=O) groups is 1. The molecule has 1 saturated heterocycles. The molecule has 1 unspecified atom stereocenters. The maximum Gasteiger partial charge on any atom is 0.445 e. The van der Waals surface area contributed by atoms with Gasteiger partial charge in [0.1, 0.15) is 0 Å². The van der Waals surface area contributed by atoms with Crippen molar-refractivity contribution in [3.8, 4) is 0 Å². The summed E-state index contributed by atoms with van der Waals surface area (Å²) in [5.74, 6) is 0. The van der Waals surface area contributed by atoms with Gasteiger partial charge in [0.2, 0.25) is 10.1 Å². The number of hydrogen-bond donors (Lipinski definition) is 3. The lowest BCUT2D eigenvalue weighted by atomic mass is 10.0. The van der Waals surface area contributed by atoms with E-state index in [2.05, 4.69) is 20.8 Å². The van der Waals surface area contributed by atoms with E-state index < -0.39 is 22.8 Å². The number of aliphatic hydroxyl groups is 1. The Kier molecular flexibility index (Phi) is 4.11. The lowest BCUT2D eigenvalue weighted by Gasteiger charge is -2.25. The SMILES string of the molecule is O=C(Nc1nnc(C(F)(F)F)s1)NC1(CO)CCOC1. The third-order valence-corrected chi connectivity index (χ3v) is 3.56. The number of nitrogens with one attached hydrogen (secondary N) is 2. The van der Waals surface area contributed by atoms with Crippen molar-refractivity contribution in [2.45, 2.75) is 18.1 Å². The quantitative estimate of drug-likeness (QED) is 0.768. The van der Waals surface area contributed by atoms with E-state index in [9.17, 15) is 23.1 Å². The number of alkyl halides is 3. The maximum absolute atomic E-state index is 12.3. The Bertz CT molecular complexity index is 487. The molecule has 112 valence electrons. The average Bonchev–Trinajstić information content (AvgIpc) is 2.98. The lowest BCUT2D eigenvalue weighted by molar-refractivity contribution is -0.138. The summed E-state index contributed by atoms with van der Waals surface area (Å²) in [5.41, 5.74) is -0.915. The van der Waals surface area contributed by atoms with Crippen LogP contribution >= 0.6 is 11.3 Å². The van der Waals surface area contributed by atoms with Crippen molar-refractivity contribution in [2.75, 3.05) is 25.1 Å². The highest BCUT2D eigenvalue weighted by Crippen LogP contribution is 2.33. The molecule has 1 atom stereocenters. The minimum atomic E-state index is -4.60. The predicted octanol–water partition coefficient (Wildman–Crippen LogP) is 0.830. The fourth-order valence-electron chi connectivity index (χ4n) is 1.63. The van der Waals surface area contributed by atoms with Gasteiger partial charge in [-0.25, -0.2) is 4.79 Å². The summed E-state index contributed by atoms with van der Waals surface area (Å²) in [6.07, 6.45) is -4.18. The molecule has 0 aromatic carbocycles. The molecule has 1 aromatic heterocycles. The Labute approximate surface area is 115 Å². The zero-order valence-electron chi connectivity index (χ0n) is 10.0. The highest BCUT2D eigenvalue weighted by molar-refractivity contribution is 7.15. The lowest BCUT2D eigenvalue weighted by Crippen LogP contribution is -2.53. The molecule has 2 rings (SSSR count). The Hall–Kier alpha value is -1.46. The molecule has 2 amide bonds. The standard InChI is InChI=1S/C9H11F3N4O3S/c10-9(11,12)5-15-16-7(20-5)13-6(18)14-8(3-17)1-2-19-4-8/h17H,1-4H2,(H2,13,14,16,18). The fraction of sp³-hybridized carbons (Fsp3) is 0.667. The van der Waals surface area contributed by atoms with Gasteiger partial charge in [0.05, 0.1) is 18.8 Å². The van der Waals surface area contributed by atoms with Crippen molar-refractivity contribution in [3.63, 3.8) is 0 Å². The molecule has 2 heterocycles. The van der Waals surface area contributed by atoms with E-state index in [0.717, 1.165) is 0 Å². The largest absolute Gasteiger partial charge is 0.445 e. The minimum Gasteiger partial charge on any atom is -0.394 e. The van der Waals surface area contributed by atoms with Gasteiger partial charge in [0.15, 0.2) is 0 Å². The van der Waals surface area contributed by atoms with E-state index in [4.69, 9.17) is 4.74 Å². The van der Waals surface area contributed by atoms with E-state index in [1.54, 1.807) is 0 Å². The van der Waals surface area contributed by atoms with E-state index in [1.165, 1.54) is 0 Å². The zero-order chi connectivity index (χ0) is 14.8. The molecular formula is C9H11F3N4O3S. The first-order valence-electron chi connectivity index (χ1n) is 5.53. The van der Waals surface area contributed by atoms with E-state index in [0.29, 0.717) is 13.0 Å². The van der Waals surface area contributed by atoms with Gasteiger partial charge >= 0.3 is 12.2 Å². The number of anilines is 1. The summed E-state index contributed by atoms with van der Waals surface area (Å²) in [6, 6.07) is -0.769. The van der Waals surface area contributed by atoms with Crippen LogP contribution in [0.3, 0.4) is 0 Å². The smallest absolute Gasteiger partial charge is 0.394 e. The molecule has 0 radical (unpaired) electrons. The number of ether oxygens (including phenoxy) is 1. The topological polar surface area (TPSA) is 96.4 Å². The van der Waals surface area contributed by atoms with Gasteiger partial charge in [-0.2, -0.15) is 13.2 Å². The number of aliphatic hydroxyl groups excluding tert-OH is 1. The Morgan fingerprint density at radius 2 is 2.25 bits per heavy atom. The molecule has 3 N–H and O–H groups in total. The van der Waals surface area contributed by atoms with Crippen LogP contribution in [0.4, 0.5) is 23.1 Å². The molecule has 0 saturated carbocycles.